The average molecular weight is 268 g/mol. The Morgan fingerprint density at radius 1 is 1.26 bits per heavy atom. The summed E-state index contributed by atoms with van der Waals surface area (Å²) < 4.78 is 12.6. The second-order valence-corrected chi connectivity index (χ2v) is 4.69. The fourth-order valence-electron chi connectivity index (χ4n) is 2.14. The van der Waals surface area contributed by atoms with Gasteiger partial charge in [0, 0.05) is 32.1 Å². The van der Waals surface area contributed by atoms with Crippen LogP contribution in [0.4, 0.5) is 0 Å². The molecule has 0 fully saturated rings. The summed E-state index contributed by atoms with van der Waals surface area (Å²) in [6.07, 6.45) is 6.74. The van der Waals surface area contributed by atoms with Crippen LogP contribution in [0.2, 0.25) is 0 Å². The third-order valence-corrected chi connectivity index (χ3v) is 3.13. The highest BCUT2D eigenvalue weighted by atomic mass is 16.5. The molecule has 4 heteroatoms. The molecular weight excluding hydrogens is 240 g/mol. The van der Waals surface area contributed by atoms with Gasteiger partial charge in [0.25, 0.3) is 0 Å². The van der Waals surface area contributed by atoms with Crippen molar-refractivity contribution in [3.8, 4) is 0 Å². The predicted octanol–water partition coefficient (Wildman–Crippen LogP) is 2.60. The quantitative estimate of drug-likeness (QED) is 0.627. The van der Waals surface area contributed by atoms with Gasteiger partial charge < -0.3 is 19.4 Å². The van der Waals surface area contributed by atoms with Gasteiger partial charge in [-0.15, -0.1) is 0 Å². The predicted molar refractivity (Wildman–Crippen MR) is 78.5 cm³/mol. The second-order valence-electron chi connectivity index (χ2n) is 4.69. The molecule has 1 N–H and O–H groups in total. The number of rotatable bonds is 11. The van der Waals surface area contributed by atoms with E-state index < -0.39 is 0 Å². The second kappa shape index (κ2) is 10.0. The Bertz CT molecular complexity index is 320. The Morgan fingerprint density at radius 2 is 2.11 bits per heavy atom. The summed E-state index contributed by atoms with van der Waals surface area (Å²) in [6.45, 7) is 8.35. The minimum absolute atomic E-state index is 0.477. The van der Waals surface area contributed by atoms with E-state index in [1.54, 1.807) is 7.11 Å². The lowest BCUT2D eigenvalue weighted by Gasteiger charge is -2.15. The summed E-state index contributed by atoms with van der Waals surface area (Å²) in [6, 6.07) is 2.68. The Morgan fingerprint density at radius 3 is 2.79 bits per heavy atom. The molecule has 1 atom stereocenters. The van der Waals surface area contributed by atoms with Crippen LogP contribution in [0, 0.1) is 0 Å². The average Bonchev–Trinajstić information content (AvgIpc) is 2.87. The van der Waals surface area contributed by atoms with E-state index in [4.69, 9.17) is 9.47 Å². The number of nitrogens with zero attached hydrogens (tertiary/aromatic N) is 1. The van der Waals surface area contributed by atoms with Crippen LogP contribution < -0.4 is 5.32 Å². The summed E-state index contributed by atoms with van der Waals surface area (Å²) in [5.74, 6) is 0. The molecule has 1 unspecified atom stereocenters. The molecule has 0 bridgehead atoms. The van der Waals surface area contributed by atoms with Crippen molar-refractivity contribution in [2.45, 2.75) is 39.3 Å². The van der Waals surface area contributed by atoms with Gasteiger partial charge in [-0.1, -0.05) is 20.3 Å². The number of ether oxygens (including phenoxy) is 2. The molecule has 0 aliphatic carbocycles. The van der Waals surface area contributed by atoms with Crippen LogP contribution >= 0.6 is 0 Å². The van der Waals surface area contributed by atoms with E-state index in [0.717, 1.165) is 19.7 Å². The van der Waals surface area contributed by atoms with Crippen LogP contribution in [-0.2, 0) is 16.0 Å². The maximum absolute atomic E-state index is 5.48. The third kappa shape index (κ3) is 6.23. The first-order valence-electron chi connectivity index (χ1n) is 7.27. The molecule has 1 aromatic heterocycles. The number of aromatic nitrogens is 1. The minimum Gasteiger partial charge on any atom is -0.382 e. The van der Waals surface area contributed by atoms with Crippen LogP contribution in [0.1, 0.15) is 38.3 Å². The van der Waals surface area contributed by atoms with Crippen molar-refractivity contribution in [2.24, 2.45) is 0 Å². The lowest BCUT2D eigenvalue weighted by Crippen LogP contribution is -2.20. The van der Waals surface area contributed by atoms with E-state index in [2.05, 4.69) is 42.2 Å². The normalized spacial score (nSPS) is 12.8. The zero-order valence-electron chi connectivity index (χ0n) is 12.5. The number of hydrogen-bond acceptors (Lipinski definition) is 3. The zero-order chi connectivity index (χ0) is 13.9. The Labute approximate surface area is 117 Å². The molecule has 0 aliphatic heterocycles. The van der Waals surface area contributed by atoms with Crippen molar-refractivity contribution < 1.29 is 9.47 Å². The largest absolute Gasteiger partial charge is 0.382 e. The lowest BCUT2D eigenvalue weighted by molar-refractivity contribution is 0.0666. The Kier molecular flexibility index (Phi) is 8.54. The van der Waals surface area contributed by atoms with Crippen LogP contribution in [-0.4, -0.2) is 38.0 Å². The highest BCUT2D eigenvalue weighted by Crippen LogP contribution is 2.18. The Hall–Kier alpha value is -0.840. The summed E-state index contributed by atoms with van der Waals surface area (Å²) in [7, 11) is 1.69. The molecule has 0 spiro atoms. The molecule has 110 valence electrons. The molecule has 0 aliphatic rings. The highest BCUT2D eigenvalue weighted by molar-refractivity contribution is 5.15. The van der Waals surface area contributed by atoms with E-state index in [1.165, 1.54) is 18.4 Å². The van der Waals surface area contributed by atoms with Gasteiger partial charge in [-0.3, -0.25) is 0 Å². The van der Waals surface area contributed by atoms with Gasteiger partial charge in [0.05, 0.1) is 19.8 Å². The fraction of sp³-hybridized carbons (Fsp3) is 0.733. The minimum atomic E-state index is 0.477. The number of hydrogen-bond donors (Lipinski definition) is 1. The van der Waals surface area contributed by atoms with Crippen LogP contribution in [0.15, 0.2) is 18.5 Å². The van der Waals surface area contributed by atoms with E-state index in [-0.39, 0.29) is 0 Å². The first kappa shape index (κ1) is 16.2. The smallest absolute Gasteiger partial charge is 0.0701 e. The maximum Gasteiger partial charge on any atom is 0.0701 e. The molecule has 1 rings (SSSR count). The fourth-order valence-corrected chi connectivity index (χ4v) is 2.14. The van der Waals surface area contributed by atoms with Crippen molar-refractivity contribution in [3.05, 3.63) is 24.0 Å². The third-order valence-electron chi connectivity index (χ3n) is 3.13. The molecule has 0 radical (unpaired) electrons. The highest BCUT2D eigenvalue weighted by Gasteiger charge is 2.10. The molecule has 19 heavy (non-hydrogen) atoms. The van der Waals surface area contributed by atoms with Crippen LogP contribution in [0.5, 0.6) is 0 Å². The van der Waals surface area contributed by atoms with Crippen molar-refractivity contribution in [3.63, 3.8) is 0 Å². The molecule has 4 nitrogen and oxygen atoms in total. The molecule has 1 aromatic rings. The van der Waals surface area contributed by atoms with Gasteiger partial charge in [-0.2, -0.15) is 0 Å². The van der Waals surface area contributed by atoms with E-state index in [0.29, 0.717) is 19.3 Å². The summed E-state index contributed by atoms with van der Waals surface area (Å²) >= 11 is 0. The Balaban J connectivity index is 2.37. The SMILES string of the molecule is CCCC(NCC)c1ccn(CCOCCOC)c1. The van der Waals surface area contributed by atoms with Gasteiger partial charge in [0.2, 0.25) is 0 Å². The molecule has 0 aromatic carbocycles. The van der Waals surface area contributed by atoms with E-state index >= 15 is 0 Å². The van der Waals surface area contributed by atoms with Gasteiger partial charge >= 0.3 is 0 Å². The van der Waals surface area contributed by atoms with Gasteiger partial charge in [-0.05, 0) is 24.6 Å². The molecule has 0 saturated heterocycles. The number of methoxy groups -OCH3 is 1. The zero-order valence-corrected chi connectivity index (χ0v) is 12.5. The van der Waals surface area contributed by atoms with Gasteiger partial charge in [0.15, 0.2) is 0 Å². The topological polar surface area (TPSA) is 35.4 Å². The van der Waals surface area contributed by atoms with E-state index in [1.807, 2.05) is 0 Å². The summed E-state index contributed by atoms with van der Waals surface area (Å²) in [5.41, 5.74) is 1.38. The first-order valence-corrected chi connectivity index (χ1v) is 7.27. The summed E-state index contributed by atoms with van der Waals surface area (Å²) in [4.78, 5) is 0. The van der Waals surface area contributed by atoms with Crippen molar-refractivity contribution >= 4 is 0 Å². The standard InChI is InChI=1S/C15H28N2O2/c1-4-6-15(16-5-2)14-7-8-17(13-14)9-10-19-12-11-18-3/h7-8,13,15-16H,4-6,9-12H2,1-3H3. The first-order chi connectivity index (χ1) is 9.31. The van der Waals surface area contributed by atoms with E-state index in [9.17, 15) is 0 Å². The monoisotopic (exact) mass is 268 g/mol. The number of nitrogens with one attached hydrogen (secondary N) is 1. The molecular formula is C15H28N2O2. The molecule has 0 saturated carbocycles. The van der Waals surface area contributed by atoms with Crippen molar-refractivity contribution in [2.75, 3.05) is 33.5 Å². The van der Waals surface area contributed by atoms with Crippen molar-refractivity contribution in [1.29, 1.82) is 0 Å². The van der Waals surface area contributed by atoms with Gasteiger partial charge in [0.1, 0.15) is 0 Å². The molecule has 1 heterocycles. The summed E-state index contributed by atoms with van der Waals surface area (Å²) in [5, 5.41) is 3.54. The van der Waals surface area contributed by atoms with Gasteiger partial charge in [-0.25, -0.2) is 0 Å². The lowest BCUT2D eigenvalue weighted by atomic mass is 10.1. The molecule has 0 amide bonds. The van der Waals surface area contributed by atoms with Crippen LogP contribution in [0.3, 0.4) is 0 Å². The maximum atomic E-state index is 5.48. The van der Waals surface area contributed by atoms with Crippen molar-refractivity contribution in [1.82, 2.24) is 9.88 Å². The van der Waals surface area contributed by atoms with Crippen LogP contribution in [0.25, 0.3) is 0 Å².